The third-order valence-corrected chi connectivity index (χ3v) is 1.48. The van der Waals surface area contributed by atoms with Crippen LogP contribution in [0.2, 0.25) is 0 Å². The van der Waals surface area contributed by atoms with Crippen LogP contribution in [-0.2, 0) is 11.3 Å². The van der Waals surface area contributed by atoms with Crippen LogP contribution in [0.15, 0.2) is 30.3 Å². The predicted molar refractivity (Wildman–Crippen MR) is 47.8 cm³/mol. The van der Waals surface area contributed by atoms with E-state index in [1.165, 1.54) is 5.56 Å². The zero-order chi connectivity index (χ0) is 8.65. The van der Waals surface area contributed by atoms with Crippen molar-refractivity contribution in [1.29, 1.82) is 0 Å². The van der Waals surface area contributed by atoms with Gasteiger partial charge in [-0.1, -0.05) is 30.3 Å². The minimum atomic E-state index is 0. The predicted octanol–water partition coefficient (Wildman–Crippen LogP) is -0.813. The first kappa shape index (κ1) is 12.3. The van der Waals surface area contributed by atoms with Crippen LogP contribution in [0.5, 0.6) is 0 Å². The molecule has 0 spiro atoms. The molecule has 62 valence electrons. The van der Waals surface area contributed by atoms with Crippen LogP contribution in [0.25, 0.3) is 0 Å². The van der Waals surface area contributed by atoms with E-state index in [0.717, 1.165) is 0 Å². The Kier molecular flexibility index (Phi) is 7.55. The Morgan fingerprint density at radius 2 is 1.92 bits per heavy atom. The van der Waals surface area contributed by atoms with Crippen LogP contribution in [0, 0.1) is 12.3 Å². The van der Waals surface area contributed by atoms with Gasteiger partial charge in [-0.05, 0) is 12.0 Å². The van der Waals surface area contributed by atoms with E-state index in [4.69, 9.17) is 11.2 Å². The van der Waals surface area contributed by atoms with Crippen molar-refractivity contribution in [2.24, 2.45) is 0 Å². The third-order valence-electron chi connectivity index (χ3n) is 1.48. The maximum absolute atomic E-state index is 6.66. The Hall–Kier alpha value is -0.663. The van der Waals surface area contributed by atoms with E-state index in [0.29, 0.717) is 19.6 Å². The second kappa shape index (κ2) is 7.96. The van der Waals surface area contributed by atoms with Crippen LogP contribution >= 0.6 is 0 Å². The topological polar surface area (TPSA) is 9.23 Å². The van der Waals surface area contributed by atoms with E-state index in [1.54, 1.807) is 0 Å². The first-order valence-corrected chi connectivity index (χ1v) is 3.95. The minimum Gasteiger partial charge on any atom is -0.694 e. The molecule has 0 aliphatic rings. The second-order valence-corrected chi connectivity index (χ2v) is 2.46. The molecule has 0 fully saturated rings. The average molecular weight is 166 g/mol. The van der Waals surface area contributed by atoms with Gasteiger partial charge in [0.25, 0.3) is 0 Å². The summed E-state index contributed by atoms with van der Waals surface area (Å²) in [6, 6.07) is 10.00. The summed E-state index contributed by atoms with van der Waals surface area (Å²) in [5.41, 5.74) is 1.17. The first-order chi connectivity index (χ1) is 5.93. The van der Waals surface area contributed by atoms with Gasteiger partial charge in [-0.2, -0.15) is 0 Å². The van der Waals surface area contributed by atoms with Crippen molar-refractivity contribution in [2.45, 2.75) is 13.0 Å². The van der Waals surface area contributed by atoms with Crippen molar-refractivity contribution < 1.29 is 23.6 Å². The van der Waals surface area contributed by atoms with E-state index < -0.39 is 0 Å². The molecule has 2 heteroatoms. The van der Waals surface area contributed by atoms with E-state index in [-0.39, 0.29) is 18.9 Å². The van der Waals surface area contributed by atoms with Gasteiger partial charge in [0, 0.05) is 0 Å². The SMILES string of the molecule is [C-]#CCCOCc1ccccc1.[Li+]. The molecule has 1 aromatic rings. The standard InChI is InChI=1S/C11H11O.Li/c1-2-3-9-12-10-11-7-5-4-6-8-11;/h4-8H,3,9-10H2;/q-1;+1. The third kappa shape index (κ3) is 5.56. The molecule has 0 unspecified atom stereocenters. The molecular weight excluding hydrogens is 155 g/mol. The molecule has 0 heterocycles. The number of hydrogen-bond donors (Lipinski definition) is 0. The fourth-order valence-corrected chi connectivity index (χ4v) is 0.887. The van der Waals surface area contributed by atoms with Crippen molar-refractivity contribution in [2.75, 3.05) is 6.61 Å². The van der Waals surface area contributed by atoms with Crippen molar-refractivity contribution in [3.63, 3.8) is 0 Å². The number of ether oxygens (including phenoxy) is 1. The molecule has 0 amide bonds. The van der Waals surface area contributed by atoms with Gasteiger partial charge in [-0.15, -0.1) is 0 Å². The Labute approximate surface area is 91.7 Å². The molecule has 13 heavy (non-hydrogen) atoms. The van der Waals surface area contributed by atoms with Gasteiger partial charge >= 0.3 is 18.9 Å². The Bertz CT molecular complexity index is 251. The van der Waals surface area contributed by atoms with Gasteiger partial charge < -0.3 is 17.1 Å². The molecule has 0 bridgehead atoms. The summed E-state index contributed by atoms with van der Waals surface area (Å²) in [5, 5.41) is 0. The van der Waals surface area contributed by atoms with Gasteiger partial charge in [-0.25, -0.2) is 0 Å². The van der Waals surface area contributed by atoms with Crippen molar-refractivity contribution >= 4 is 0 Å². The normalized spacial score (nSPS) is 8.54. The van der Waals surface area contributed by atoms with Gasteiger partial charge in [0.2, 0.25) is 0 Å². The number of hydrogen-bond acceptors (Lipinski definition) is 1. The molecule has 0 atom stereocenters. The van der Waals surface area contributed by atoms with Gasteiger partial charge in [0.05, 0.1) is 13.2 Å². The minimum absolute atomic E-state index is 0. The van der Waals surface area contributed by atoms with Gasteiger partial charge in [0.15, 0.2) is 0 Å². The summed E-state index contributed by atoms with van der Waals surface area (Å²) < 4.78 is 5.28. The monoisotopic (exact) mass is 166 g/mol. The Morgan fingerprint density at radius 3 is 2.54 bits per heavy atom. The fourth-order valence-electron chi connectivity index (χ4n) is 0.887. The molecule has 0 saturated heterocycles. The van der Waals surface area contributed by atoms with Gasteiger partial charge in [0.1, 0.15) is 0 Å². The second-order valence-electron chi connectivity index (χ2n) is 2.46. The quantitative estimate of drug-likeness (QED) is 0.246. The summed E-state index contributed by atoms with van der Waals surface area (Å²) in [6.45, 7) is 1.21. The molecular formula is C11H11LiO. The number of benzene rings is 1. The molecule has 1 nitrogen and oxygen atoms in total. The van der Waals surface area contributed by atoms with Crippen molar-refractivity contribution in [3.05, 3.63) is 42.3 Å². The largest absolute Gasteiger partial charge is 1.00 e. The van der Waals surface area contributed by atoms with Crippen LogP contribution in [0.4, 0.5) is 0 Å². The molecule has 0 aliphatic carbocycles. The molecule has 0 saturated carbocycles. The van der Waals surface area contributed by atoms with Crippen LogP contribution < -0.4 is 18.9 Å². The maximum Gasteiger partial charge on any atom is 1.00 e. The van der Waals surface area contributed by atoms with E-state index in [9.17, 15) is 0 Å². The first-order valence-electron chi connectivity index (χ1n) is 3.95. The van der Waals surface area contributed by atoms with Gasteiger partial charge in [-0.3, -0.25) is 0 Å². The maximum atomic E-state index is 6.66. The smallest absolute Gasteiger partial charge is 0.694 e. The summed E-state index contributed by atoms with van der Waals surface area (Å²) >= 11 is 0. The fraction of sp³-hybridized carbons (Fsp3) is 0.273. The summed E-state index contributed by atoms with van der Waals surface area (Å²) in [6.07, 6.45) is 7.23. The van der Waals surface area contributed by atoms with E-state index >= 15 is 0 Å². The molecule has 0 radical (unpaired) electrons. The summed E-state index contributed by atoms with van der Waals surface area (Å²) in [7, 11) is 0. The van der Waals surface area contributed by atoms with Crippen molar-refractivity contribution in [3.8, 4) is 5.92 Å². The number of rotatable bonds is 4. The summed E-state index contributed by atoms with van der Waals surface area (Å²) in [4.78, 5) is 0. The molecule has 1 rings (SSSR count). The van der Waals surface area contributed by atoms with E-state index in [2.05, 4.69) is 5.92 Å². The van der Waals surface area contributed by atoms with Crippen LogP contribution in [0.3, 0.4) is 0 Å². The zero-order valence-corrected chi connectivity index (χ0v) is 7.92. The van der Waals surface area contributed by atoms with E-state index in [1.807, 2.05) is 30.3 Å². The summed E-state index contributed by atoms with van der Waals surface area (Å²) in [5.74, 6) is 2.28. The molecule has 1 aromatic carbocycles. The van der Waals surface area contributed by atoms with Crippen molar-refractivity contribution in [1.82, 2.24) is 0 Å². The van der Waals surface area contributed by atoms with Crippen LogP contribution in [-0.4, -0.2) is 6.61 Å². The molecule has 0 aliphatic heterocycles. The Morgan fingerprint density at radius 1 is 1.23 bits per heavy atom. The Balaban J connectivity index is 0.00000144. The molecule has 0 aromatic heterocycles. The molecule has 0 N–H and O–H groups in total. The average Bonchev–Trinajstić information content (AvgIpc) is 2.14. The van der Waals surface area contributed by atoms with Crippen LogP contribution in [0.1, 0.15) is 12.0 Å². The zero-order valence-electron chi connectivity index (χ0n) is 7.92.